The van der Waals surface area contributed by atoms with Crippen molar-refractivity contribution in [3.8, 4) is 0 Å². The summed E-state index contributed by atoms with van der Waals surface area (Å²) in [5.74, 6) is 0.466. The Morgan fingerprint density at radius 3 is 2.62 bits per heavy atom. The van der Waals surface area contributed by atoms with E-state index in [-0.39, 0.29) is 23.5 Å². The SMILES string of the molecule is NC1(CO)CC12CCCS(=O)(=O)C2. The molecule has 2 fully saturated rings. The molecule has 2 unspecified atom stereocenters. The van der Waals surface area contributed by atoms with E-state index in [1.807, 2.05) is 0 Å². The Kier molecular flexibility index (Phi) is 1.78. The second kappa shape index (κ2) is 2.46. The van der Waals surface area contributed by atoms with E-state index < -0.39 is 15.4 Å². The minimum atomic E-state index is -2.90. The van der Waals surface area contributed by atoms with E-state index in [4.69, 9.17) is 10.8 Å². The number of sulfone groups is 1. The van der Waals surface area contributed by atoms with Crippen molar-refractivity contribution < 1.29 is 13.5 Å². The molecule has 2 aliphatic rings. The van der Waals surface area contributed by atoms with E-state index in [2.05, 4.69) is 0 Å². The van der Waals surface area contributed by atoms with Crippen molar-refractivity contribution in [2.24, 2.45) is 11.1 Å². The van der Waals surface area contributed by atoms with Crippen LogP contribution in [0.3, 0.4) is 0 Å². The first-order valence-electron chi connectivity index (χ1n) is 4.53. The van der Waals surface area contributed by atoms with Crippen LogP contribution in [0, 0.1) is 5.41 Å². The number of nitrogens with two attached hydrogens (primary N) is 1. The van der Waals surface area contributed by atoms with Crippen molar-refractivity contribution in [1.82, 2.24) is 0 Å². The lowest BCUT2D eigenvalue weighted by molar-refractivity contribution is 0.224. The third-order valence-electron chi connectivity index (χ3n) is 3.47. The van der Waals surface area contributed by atoms with Gasteiger partial charge >= 0.3 is 0 Å². The smallest absolute Gasteiger partial charge is 0.150 e. The van der Waals surface area contributed by atoms with E-state index in [1.54, 1.807) is 0 Å². The first-order valence-corrected chi connectivity index (χ1v) is 6.35. The second-order valence-electron chi connectivity index (χ2n) is 4.47. The number of rotatable bonds is 1. The molecule has 0 bridgehead atoms. The molecule has 0 aromatic heterocycles. The maximum absolute atomic E-state index is 11.4. The van der Waals surface area contributed by atoms with Crippen LogP contribution in [0.2, 0.25) is 0 Å². The molecule has 0 aromatic carbocycles. The van der Waals surface area contributed by atoms with E-state index in [9.17, 15) is 8.42 Å². The predicted molar refractivity (Wildman–Crippen MR) is 48.9 cm³/mol. The lowest BCUT2D eigenvalue weighted by Gasteiger charge is -2.25. The third-order valence-corrected chi connectivity index (χ3v) is 5.38. The molecular weight excluding hydrogens is 190 g/mol. The first kappa shape index (κ1) is 9.43. The molecule has 3 N–H and O–H groups in total. The quantitative estimate of drug-likeness (QED) is 0.591. The molecule has 1 heterocycles. The molecule has 2 rings (SSSR count). The lowest BCUT2D eigenvalue weighted by atomic mass is 9.96. The van der Waals surface area contributed by atoms with Gasteiger partial charge in [0.1, 0.15) is 0 Å². The van der Waals surface area contributed by atoms with Crippen LogP contribution in [0.1, 0.15) is 19.3 Å². The summed E-state index contributed by atoms with van der Waals surface area (Å²) in [4.78, 5) is 0. The summed E-state index contributed by atoms with van der Waals surface area (Å²) < 4.78 is 22.7. The monoisotopic (exact) mass is 205 g/mol. The van der Waals surface area contributed by atoms with Crippen molar-refractivity contribution in [2.75, 3.05) is 18.1 Å². The summed E-state index contributed by atoms with van der Waals surface area (Å²) in [6.45, 7) is -0.0947. The molecule has 5 heteroatoms. The fourth-order valence-corrected chi connectivity index (χ4v) is 4.62. The van der Waals surface area contributed by atoms with E-state index >= 15 is 0 Å². The zero-order valence-corrected chi connectivity index (χ0v) is 8.31. The van der Waals surface area contributed by atoms with Gasteiger partial charge in [-0.3, -0.25) is 0 Å². The largest absolute Gasteiger partial charge is 0.394 e. The molecule has 13 heavy (non-hydrogen) atoms. The summed E-state index contributed by atoms with van der Waals surface area (Å²) >= 11 is 0. The van der Waals surface area contributed by atoms with Gasteiger partial charge in [-0.05, 0) is 19.3 Å². The highest BCUT2D eigenvalue weighted by molar-refractivity contribution is 7.91. The molecule has 1 spiro atoms. The maximum Gasteiger partial charge on any atom is 0.150 e. The van der Waals surface area contributed by atoms with Crippen molar-refractivity contribution >= 4 is 9.84 Å². The van der Waals surface area contributed by atoms with Crippen molar-refractivity contribution in [3.63, 3.8) is 0 Å². The molecular formula is C8H15NO3S. The van der Waals surface area contributed by atoms with E-state index in [0.29, 0.717) is 12.8 Å². The fraction of sp³-hybridized carbons (Fsp3) is 1.00. The number of aliphatic hydroxyl groups is 1. The van der Waals surface area contributed by atoms with Crippen LogP contribution < -0.4 is 5.73 Å². The summed E-state index contributed by atoms with van der Waals surface area (Å²) in [6.07, 6.45) is 2.21. The molecule has 4 nitrogen and oxygen atoms in total. The molecule has 76 valence electrons. The highest BCUT2D eigenvalue weighted by Crippen LogP contribution is 2.59. The Morgan fingerprint density at radius 1 is 1.46 bits per heavy atom. The molecule has 1 saturated heterocycles. The van der Waals surface area contributed by atoms with Gasteiger partial charge in [0, 0.05) is 11.0 Å². The topological polar surface area (TPSA) is 80.4 Å². The number of hydrogen-bond acceptors (Lipinski definition) is 4. The first-order chi connectivity index (χ1) is 5.93. The van der Waals surface area contributed by atoms with Crippen LogP contribution in [0.4, 0.5) is 0 Å². The van der Waals surface area contributed by atoms with Crippen molar-refractivity contribution in [2.45, 2.75) is 24.8 Å². The van der Waals surface area contributed by atoms with Crippen LogP contribution in [0.25, 0.3) is 0 Å². The van der Waals surface area contributed by atoms with Crippen LogP contribution in [0.15, 0.2) is 0 Å². The standard InChI is InChI=1S/C8H15NO3S/c9-8(5-10)4-7(8)2-1-3-13(11,12)6-7/h10H,1-6,9H2. The Balaban J connectivity index is 2.20. The average Bonchev–Trinajstić information content (AvgIpc) is 2.54. The van der Waals surface area contributed by atoms with Gasteiger partial charge in [0.15, 0.2) is 9.84 Å². The molecule has 2 atom stereocenters. The van der Waals surface area contributed by atoms with E-state index in [1.165, 1.54) is 0 Å². The van der Waals surface area contributed by atoms with Gasteiger partial charge < -0.3 is 10.8 Å². The van der Waals surface area contributed by atoms with Crippen LogP contribution in [0.5, 0.6) is 0 Å². The maximum atomic E-state index is 11.4. The normalized spacial score (nSPS) is 47.8. The van der Waals surface area contributed by atoms with Gasteiger partial charge in [-0.25, -0.2) is 8.42 Å². The van der Waals surface area contributed by atoms with Crippen LogP contribution in [-0.2, 0) is 9.84 Å². The third kappa shape index (κ3) is 1.30. The number of aliphatic hydroxyl groups excluding tert-OH is 1. The summed E-state index contributed by atoms with van der Waals surface area (Å²) in [5, 5.41) is 9.03. The van der Waals surface area contributed by atoms with Crippen LogP contribution in [-0.4, -0.2) is 37.2 Å². The molecule has 0 amide bonds. The molecule has 0 aromatic rings. The van der Waals surface area contributed by atoms with Gasteiger partial charge in [0.25, 0.3) is 0 Å². The predicted octanol–water partition coefficient (Wildman–Crippen LogP) is -0.725. The molecule has 1 saturated carbocycles. The minimum absolute atomic E-state index is 0.0947. The Labute approximate surface area is 78.0 Å². The van der Waals surface area contributed by atoms with Crippen molar-refractivity contribution in [1.29, 1.82) is 0 Å². The zero-order valence-electron chi connectivity index (χ0n) is 7.49. The summed E-state index contributed by atoms with van der Waals surface area (Å²) in [5.41, 5.74) is 4.96. The fourth-order valence-electron chi connectivity index (χ4n) is 2.51. The van der Waals surface area contributed by atoms with Gasteiger partial charge in [0.2, 0.25) is 0 Å². The highest BCUT2D eigenvalue weighted by atomic mass is 32.2. The summed E-state index contributed by atoms with van der Waals surface area (Å²) in [6, 6.07) is 0. The van der Waals surface area contributed by atoms with Crippen molar-refractivity contribution in [3.05, 3.63) is 0 Å². The van der Waals surface area contributed by atoms with Gasteiger partial charge in [-0.15, -0.1) is 0 Å². The van der Waals surface area contributed by atoms with Gasteiger partial charge in [-0.1, -0.05) is 0 Å². The van der Waals surface area contributed by atoms with Gasteiger partial charge in [-0.2, -0.15) is 0 Å². The Bertz CT molecular complexity index is 322. The average molecular weight is 205 g/mol. The second-order valence-corrected chi connectivity index (χ2v) is 6.65. The summed E-state index contributed by atoms with van der Waals surface area (Å²) in [7, 11) is -2.90. The highest BCUT2D eigenvalue weighted by Gasteiger charge is 2.66. The molecule has 1 aliphatic carbocycles. The Morgan fingerprint density at radius 2 is 2.15 bits per heavy atom. The van der Waals surface area contributed by atoms with Crippen LogP contribution >= 0.6 is 0 Å². The van der Waals surface area contributed by atoms with Gasteiger partial charge in [0.05, 0.1) is 18.1 Å². The lowest BCUT2D eigenvalue weighted by Crippen LogP contribution is -2.40. The molecule has 0 radical (unpaired) electrons. The zero-order chi connectivity index (χ0) is 9.74. The molecule has 1 aliphatic heterocycles. The minimum Gasteiger partial charge on any atom is -0.394 e. The number of hydrogen-bond donors (Lipinski definition) is 2. The van der Waals surface area contributed by atoms with E-state index in [0.717, 1.165) is 6.42 Å². The Hall–Kier alpha value is -0.130.